The molecule has 2 heterocycles. The van der Waals surface area contributed by atoms with Crippen molar-refractivity contribution in [1.29, 1.82) is 0 Å². The summed E-state index contributed by atoms with van der Waals surface area (Å²) in [7, 11) is -1.11. The lowest BCUT2D eigenvalue weighted by atomic mass is 9.83. The topological polar surface area (TPSA) is 63.6 Å². The summed E-state index contributed by atoms with van der Waals surface area (Å²) in [5.41, 5.74) is -1.27. The lowest BCUT2D eigenvalue weighted by Gasteiger charge is -2.47. The van der Waals surface area contributed by atoms with Crippen molar-refractivity contribution in [3.63, 3.8) is 0 Å². The van der Waals surface area contributed by atoms with Gasteiger partial charge in [-0.1, -0.05) is 6.92 Å². The van der Waals surface area contributed by atoms with E-state index in [1.54, 1.807) is 18.7 Å². The standard InChI is InChI=1S/C12H20O4S2/c1-3-12(17-7-4-8-18(12)15)11(2,14)9-5-6-16-10(9)13/h9,14H,3-8H2,1-2H3/t9-,11-,12-,18+/m0/s1. The number of hydrogen-bond acceptors (Lipinski definition) is 5. The minimum Gasteiger partial charge on any atom is -0.465 e. The molecule has 0 radical (unpaired) electrons. The van der Waals surface area contributed by atoms with E-state index < -0.39 is 26.4 Å². The molecule has 0 aromatic rings. The van der Waals surface area contributed by atoms with Crippen molar-refractivity contribution in [2.75, 3.05) is 18.1 Å². The molecule has 4 nitrogen and oxygen atoms in total. The normalized spacial score (nSPS) is 40.3. The van der Waals surface area contributed by atoms with Crippen molar-refractivity contribution in [2.24, 2.45) is 5.92 Å². The van der Waals surface area contributed by atoms with E-state index in [4.69, 9.17) is 4.74 Å². The molecule has 1 N–H and O–H groups in total. The number of ether oxygens (including phenoxy) is 1. The zero-order valence-electron chi connectivity index (χ0n) is 10.8. The quantitative estimate of drug-likeness (QED) is 0.794. The van der Waals surface area contributed by atoms with Gasteiger partial charge in [-0.25, -0.2) is 0 Å². The van der Waals surface area contributed by atoms with Gasteiger partial charge in [-0.15, -0.1) is 11.8 Å². The molecule has 0 spiro atoms. The molecule has 2 saturated heterocycles. The fourth-order valence-electron chi connectivity index (χ4n) is 2.93. The number of cyclic esters (lactones) is 1. The molecule has 6 heteroatoms. The summed E-state index contributed by atoms with van der Waals surface area (Å²) in [5, 5.41) is 10.9. The SMILES string of the molecule is CC[C@]1([C@@](C)(O)[C@H]2CCOC2=O)SCCC[S@]1=O. The van der Waals surface area contributed by atoms with Crippen molar-refractivity contribution in [1.82, 2.24) is 0 Å². The van der Waals surface area contributed by atoms with Gasteiger partial charge in [0.25, 0.3) is 0 Å². The van der Waals surface area contributed by atoms with Crippen LogP contribution in [-0.4, -0.2) is 43.1 Å². The Morgan fingerprint density at radius 1 is 1.67 bits per heavy atom. The van der Waals surface area contributed by atoms with E-state index in [2.05, 4.69) is 0 Å². The van der Waals surface area contributed by atoms with Crippen molar-refractivity contribution in [3.8, 4) is 0 Å². The van der Waals surface area contributed by atoms with Gasteiger partial charge in [0.15, 0.2) is 0 Å². The van der Waals surface area contributed by atoms with Crippen molar-refractivity contribution in [3.05, 3.63) is 0 Å². The van der Waals surface area contributed by atoms with Gasteiger partial charge in [0.1, 0.15) is 9.68 Å². The monoisotopic (exact) mass is 292 g/mol. The third-order valence-electron chi connectivity index (χ3n) is 4.03. The first kappa shape index (κ1) is 14.3. The van der Waals surface area contributed by atoms with Crippen LogP contribution in [0.1, 0.15) is 33.1 Å². The van der Waals surface area contributed by atoms with Crippen LogP contribution in [0.25, 0.3) is 0 Å². The molecule has 0 bridgehead atoms. The van der Waals surface area contributed by atoms with Gasteiger partial charge in [0.05, 0.1) is 12.5 Å². The molecule has 0 aromatic carbocycles. The van der Waals surface area contributed by atoms with Crippen molar-refractivity contribution < 1.29 is 18.8 Å². The molecule has 2 fully saturated rings. The van der Waals surface area contributed by atoms with E-state index in [9.17, 15) is 14.1 Å². The fourth-order valence-corrected chi connectivity index (χ4v) is 7.05. The van der Waals surface area contributed by atoms with Crippen LogP contribution in [0.15, 0.2) is 0 Å². The Balaban J connectivity index is 2.35. The van der Waals surface area contributed by atoms with Crippen LogP contribution in [-0.2, 0) is 20.3 Å². The number of rotatable bonds is 3. The second-order valence-electron chi connectivity index (χ2n) is 5.01. The molecule has 4 atom stereocenters. The number of carbonyl (C=O) groups is 1. The van der Waals surface area contributed by atoms with E-state index >= 15 is 0 Å². The van der Waals surface area contributed by atoms with E-state index in [1.165, 1.54) is 0 Å². The molecule has 0 amide bonds. The summed E-state index contributed by atoms with van der Waals surface area (Å²) in [6, 6.07) is 0. The summed E-state index contributed by atoms with van der Waals surface area (Å²) >= 11 is 1.56. The second-order valence-corrected chi connectivity index (χ2v) is 8.46. The van der Waals surface area contributed by atoms with E-state index in [-0.39, 0.29) is 5.97 Å². The predicted molar refractivity (Wildman–Crippen MR) is 72.8 cm³/mol. The highest BCUT2D eigenvalue weighted by molar-refractivity contribution is 8.13. The summed E-state index contributed by atoms with van der Waals surface area (Å²) in [4.78, 5) is 11.7. The highest BCUT2D eigenvalue weighted by Crippen LogP contribution is 2.50. The van der Waals surface area contributed by atoms with Crippen LogP contribution >= 0.6 is 11.8 Å². The summed E-state index contributed by atoms with van der Waals surface area (Å²) in [6.07, 6.45) is 2.02. The lowest BCUT2D eigenvalue weighted by Crippen LogP contribution is -2.59. The molecule has 0 aliphatic carbocycles. The van der Waals surface area contributed by atoms with Crippen LogP contribution in [0, 0.1) is 5.92 Å². The zero-order valence-corrected chi connectivity index (χ0v) is 12.4. The molecule has 2 aliphatic rings. The van der Waals surface area contributed by atoms with Gasteiger partial charge in [0.2, 0.25) is 0 Å². The average Bonchev–Trinajstić information content (AvgIpc) is 2.76. The largest absolute Gasteiger partial charge is 0.465 e. The average molecular weight is 292 g/mol. The van der Waals surface area contributed by atoms with Gasteiger partial charge >= 0.3 is 5.97 Å². The Labute approximate surface area is 114 Å². The van der Waals surface area contributed by atoms with Gasteiger partial charge in [-0.2, -0.15) is 0 Å². The van der Waals surface area contributed by atoms with Crippen LogP contribution in [0.5, 0.6) is 0 Å². The Bertz CT molecular complexity index is 369. The van der Waals surface area contributed by atoms with Gasteiger partial charge in [-0.3, -0.25) is 9.00 Å². The molecular formula is C12H20O4S2. The van der Waals surface area contributed by atoms with Crippen LogP contribution in [0.3, 0.4) is 0 Å². The molecule has 0 aromatic heterocycles. The second kappa shape index (κ2) is 5.13. The smallest absolute Gasteiger partial charge is 0.312 e. The zero-order chi connectivity index (χ0) is 13.4. The van der Waals surface area contributed by atoms with Crippen LogP contribution in [0.2, 0.25) is 0 Å². The third kappa shape index (κ3) is 2.02. The maximum Gasteiger partial charge on any atom is 0.312 e. The van der Waals surface area contributed by atoms with E-state index in [0.717, 1.165) is 12.2 Å². The minimum atomic E-state index is -1.27. The van der Waals surface area contributed by atoms with Gasteiger partial charge < -0.3 is 9.84 Å². The lowest BCUT2D eigenvalue weighted by molar-refractivity contribution is -0.148. The number of aliphatic hydroxyl groups is 1. The minimum absolute atomic E-state index is 0.351. The molecule has 2 aliphatic heterocycles. The number of esters is 1. The third-order valence-corrected chi connectivity index (χ3v) is 8.70. The summed E-state index contributed by atoms with van der Waals surface area (Å²) in [5.74, 6) is 0.596. The molecule has 0 saturated carbocycles. The van der Waals surface area contributed by atoms with Crippen LogP contribution < -0.4 is 0 Å². The van der Waals surface area contributed by atoms with Crippen molar-refractivity contribution >= 4 is 28.5 Å². The van der Waals surface area contributed by atoms with E-state index in [0.29, 0.717) is 25.2 Å². The Hall–Kier alpha value is -0.0700. The number of hydrogen-bond donors (Lipinski definition) is 1. The van der Waals surface area contributed by atoms with Gasteiger partial charge in [-0.05, 0) is 31.9 Å². The van der Waals surface area contributed by atoms with Crippen molar-refractivity contribution in [2.45, 2.75) is 42.8 Å². The predicted octanol–water partition coefficient (Wildman–Crippen LogP) is 1.29. The Morgan fingerprint density at radius 3 is 2.89 bits per heavy atom. The Morgan fingerprint density at radius 2 is 2.39 bits per heavy atom. The molecule has 2 rings (SSSR count). The fraction of sp³-hybridized carbons (Fsp3) is 0.917. The molecule has 0 unspecified atom stereocenters. The first-order valence-corrected chi connectivity index (χ1v) is 8.67. The highest BCUT2D eigenvalue weighted by Gasteiger charge is 2.59. The maximum absolute atomic E-state index is 12.4. The molecule has 18 heavy (non-hydrogen) atoms. The van der Waals surface area contributed by atoms with Crippen LogP contribution in [0.4, 0.5) is 0 Å². The summed E-state index contributed by atoms with van der Waals surface area (Å²) in [6.45, 7) is 3.95. The highest BCUT2D eigenvalue weighted by atomic mass is 32.2. The number of carbonyl (C=O) groups excluding carboxylic acids is 1. The van der Waals surface area contributed by atoms with E-state index in [1.807, 2.05) is 6.92 Å². The molecular weight excluding hydrogens is 272 g/mol. The Kier molecular flexibility index (Phi) is 4.09. The number of thioether (sulfide) groups is 1. The first-order valence-electron chi connectivity index (χ1n) is 6.37. The summed E-state index contributed by atoms with van der Waals surface area (Å²) < 4.78 is 16.7. The molecule has 104 valence electrons. The maximum atomic E-state index is 12.4. The van der Waals surface area contributed by atoms with Gasteiger partial charge in [0, 0.05) is 16.6 Å². The first-order chi connectivity index (χ1) is 8.45.